The van der Waals surface area contributed by atoms with Crippen molar-refractivity contribution in [2.45, 2.75) is 35.9 Å². The molecule has 1 atom stereocenters. The predicted octanol–water partition coefficient (Wildman–Crippen LogP) is 3.37. The van der Waals surface area contributed by atoms with Gasteiger partial charge in [0.15, 0.2) is 5.82 Å². The number of rotatable bonds is 8. The number of amides is 1. The van der Waals surface area contributed by atoms with Crippen molar-refractivity contribution < 1.29 is 18.3 Å². The minimum Gasteiger partial charge on any atom is -0.435 e. The molecule has 30 heavy (non-hydrogen) atoms. The summed E-state index contributed by atoms with van der Waals surface area (Å²) >= 11 is 1.20. The van der Waals surface area contributed by atoms with Gasteiger partial charge in [-0.25, -0.2) is 4.68 Å². The fraction of sp³-hybridized carbons (Fsp3) is 0.250. The molecule has 2 aromatic carbocycles. The third kappa shape index (κ3) is 4.70. The van der Waals surface area contributed by atoms with E-state index in [-0.39, 0.29) is 17.7 Å². The van der Waals surface area contributed by atoms with E-state index in [1.807, 2.05) is 30.3 Å². The number of benzene rings is 2. The molecule has 3 N–H and O–H groups in total. The Bertz CT molecular complexity index is 1010. The van der Waals surface area contributed by atoms with Gasteiger partial charge in [-0.1, -0.05) is 42.1 Å². The van der Waals surface area contributed by atoms with Gasteiger partial charge >= 0.3 is 6.61 Å². The predicted molar refractivity (Wildman–Crippen MR) is 108 cm³/mol. The average molecular weight is 431 g/mol. The zero-order valence-electron chi connectivity index (χ0n) is 15.7. The zero-order valence-corrected chi connectivity index (χ0v) is 16.6. The van der Waals surface area contributed by atoms with Crippen molar-refractivity contribution in [1.82, 2.24) is 20.2 Å². The van der Waals surface area contributed by atoms with Crippen LogP contribution in [0.3, 0.4) is 0 Å². The molecular formula is C20H19F2N5O2S. The quantitative estimate of drug-likeness (QED) is 0.419. The minimum atomic E-state index is -2.89. The second-order valence-corrected chi connectivity index (χ2v) is 7.84. The normalized spacial score (nSPS) is 14.5. The Labute approximate surface area is 175 Å². The fourth-order valence-electron chi connectivity index (χ4n) is 2.85. The third-order valence-electron chi connectivity index (χ3n) is 4.49. The Balaban J connectivity index is 1.56. The average Bonchev–Trinajstić information content (AvgIpc) is 3.48. The number of nitrogens with zero attached hydrogens (tertiary/aromatic N) is 3. The number of hydrogen-bond acceptors (Lipinski definition) is 6. The number of carbonyl (C=O) groups is 1. The van der Waals surface area contributed by atoms with Gasteiger partial charge in [0.25, 0.3) is 0 Å². The van der Waals surface area contributed by atoms with E-state index in [0.717, 1.165) is 18.4 Å². The van der Waals surface area contributed by atoms with E-state index in [2.05, 4.69) is 20.3 Å². The van der Waals surface area contributed by atoms with Crippen molar-refractivity contribution in [3.05, 3.63) is 60.2 Å². The van der Waals surface area contributed by atoms with Crippen LogP contribution >= 0.6 is 11.8 Å². The molecule has 1 amide bonds. The van der Waals surface area contributed by atoms with Crippen LogP contribution in [0.5, 0.6) is 5.75 Å². The van der Waals surface area contributed by atoms with Crippen LogP contribution in [-0.4, -0.2) is 33.4 Å². The summed E-state index contributed by atoms with van der Waals surface area (Å²) in [7, 11) is 0. The molecule has 3 aromatic rings. The number of aromatic nitrogens is 3. The van der Waals surface area contributed by atoms with E-state index in [1.54, 1.807) is 12.1 Å². The van der Waals surface area contributed by atoms with Crippen LogP contribution < -0.4 is 15.9 Å². The van der Waals surface area contributed by atoms with E-state index in [9.17, 15) is 13.6 Å². The van der Waals surface area contributed by atoms with E-state index in [0.29, 0.717) is 16.5 Å². The molecule has 0 aliphatic heterocycles. The van der Waals surface area contributed by atoms with E-state index >= 15 is 0 Å². The SMILES string of the molecule is Nn1c(SC(C(=O)NC2CC2)c2ccccc2)nnc1-c1ccc(OC(F)F)cc1. The second-order valence-electron chi connectivity index (χ2n) is 6.77. The minimum absolute atomic E-state index is 0.0346. The molecule has 0 radical (unpaired) electrons. The highest BCUT2D eigenvalue weighted by Gasteiger charge is 2.30. The Morgan fingerprint density at radius 2 is 1.83 bits per heavy atom. The Morgan fingerprint density at radius 3 is 2.47 bits per heavy atom. The largest absolute Gasteiger partial charge is 0.435 e. The van der Waals surface area contributed by atoms with E-state index in [4.69, 9.17) is 5.84 Å². The molecule has 1 aliphatic carbocycles. The lowest BCUT2D eigenvalue weighted by atomic mass is 10.1. The van der Waals surface area contributed by atoms with E-state index < -0.39 is 11.9 Å². The molecule has 156 valence electrons. The van der Waals surface area contributed by atoms with Crippen LogP contribution in [0.25, 0.3) is 11.4 Å². The van der Waals surface area contributed by atoms with Gasteiger partial charge in [0.1, 0.15) is 11.0 Å². The summed E-state index contributed by atoms with van der Waals surface area (Å²) in [6, 6.07) is 15.5. The topological polar surface area (TPSA) is 95.1 Å². The first-order chi connectivity index (χ1) is 14.5. The van der Waals surface area contributed by atoms with Gasteiger partial charge in [0, 0.05) is 11.6 Å². The zero-order chi connectivity index (χ0) is 21.1. The highest BCUT2D eigenvalue weighted by molar-refractivity contribution is 8.00. The Kier molecular flexibility index (Phi) is 5.84. The van der Waals surface area contributed by atoms with E-state index in [1.165, 1.54) is 28.6 Å². The Hall–Kier alpha value is -3.14. The van der Waals surface area contributed by atoms with Crippen molar-refractivity contribution in [3.8, 4) is 17.1 Å². The lowest BCUT2D eigenvalue weighted by Gasteiger charge is -2.16. The first-order valence-electron chi connectivity index (χ1n) is 9.29. The number of nitrogen functional groups attached to an aromatic ring is 1. The molecule has 7 nitrogen and oxygen atoms in total. The van der Waals surface area contributed by atoms with Gasteiger partial charge in [-0.15, -0.1) is 10.2 Å². The van der Waals surface area contributed by atoms with Gasteiger partial charge in [-0.2, -0.15) is 8.78 Å². The van der Waals surface area contributed by atoms with Crippen molar-refractivity contribution >= 4 is 17.7 Å². The van der Waals surface area contributed by atoms with Gasteiger partial charge in [-0.05, 0) is 42.7 Å². The van der Waals surface area contributed by atoms with Gasteiger partial charge in [0.2, 0.25) is 11.1 Å². The maximum atomic E-state index is 12.8. The standard InChI is InChI=1S/C20H19F2N5O2S/c21-19(22)29-15-10-6-13(7-11-15)17-25-26-20(27(17)23)30-16(12-4-2-1-3-5-12)18(28)24-14-8-9-14/h1-7,10-11,14,16,19H,8-9,23H2,(H,24,28). The number of nitrogens with two attached hydrogens (primary N) is 1. The third-order valence-corrected chi connectivity index (χ3v) is 5.70. The summed E-state index contributed by atoms with van der Waals surface area (Å²) in [6.45, 7) is -2.89. The molecule has 0 saturated heterocycles. The first kappa shape index (κ1) is 20.1. The number of nitrogens with one attached hydrogen (secondary N) is 1. The highest BCUT2D eigenvalue weighted by Crippen LogP contribution is 2.36. The lowest BCUT2D eigenvalue weighted by Crippen LogP contribution is -2.30. The Morgan fingerprint density at radius 1 is 1.13 bits per heavy atom. The molecule has 10 heteroatoms. The van der Waals surface area contributed by atoms with Crippen LogP contribution in [0.1, 0.15) is 23.7 Å². The van der Waals surface area contributed by atoms with Gasteiger partial charge < -0.3 is 15.9 Å². The van der Waals surface area contributed by atoms with Crippen LogP contribution in [0, 0.1) is 0 Å². The monoisotopic (exact) mass is 431 g/mol. The fourth-order valence-corrected chi connectivity index (χ4v) is 3.82. The van der Waals surface area contributed by atoms with Crippen molar-refractivity contribution in [1.29, 1.82) is 0 Å². The summed E-state index contributed by atoms with van der Waals surface area (Å²) in [6.07, 6.45) is 1.97. The summed E-state index contributed by atoms with van der Waals surface area (Å²) in [5.41, 5.74) is 1.41. The summed E-state index contributed by atoms with van der Waals surface area (Å²) < 4.78 is 30.3. The molecule has 1 saturated carbocycles. The van der Waals surface area contributed by atoms with Gasteiger partial charge in [0.05, 0.1) is 0 Å². The van der Waals surface area contributed by atoms with Crippen LogP contribution in [-0.2, 0) is 4.79 Å². The molecule has 1 aromatic heterocycles. The summed E-state index contributed by atoms with van der Waals surface area (Å²) in [5.74, 6) is 6.45. The summed E-state index contributed by atoms with van der Waals surface area (Å²) in [5, 5.41) is 11.1. The molecule has 1 fully saturated rings. The smallest absolute Gasteiger partial charge is 0.387 e. The maximum absolute atomic E-state index is 12.8. The number of alkyl halides is 2. The van der Waals surface area contributed by atoms with Crippen molar-refractivity contribution in [2.24, 2.45) is 0 Å². The van der Waals surface area contributed by atoms with Crippen molar-refractivity contribution in [2.75, 3.05) is 5.84 Å². The molecule has 1 unspecified atom stereocenters. The number of carbonyl (C=O) groups excluding carboxylic acids is 1. The molecule has 1 aliphatic rings. The van der Waals surface area contributed by atoms with Crippen molar-refractivity contribution in [3.63, 3.8) is 0 Å². The van der Waals surface area contributed by atoms with Crippen LogP contribution in [0.15, 0.2) is 59.8 Å². The maximum Gasteiger partial charge on any atom is 0.387 e. The molecule has 0 bridgehead atoms. The lowest BCUT2D eigenvalue weighted by molar-refractivity contribution is -0.120. The van der Waals surface area contributed by atoms with Crippen LogP contribution in [0.4, 0.5) is 8.78 Å². The summed E-state index contributed by atoms with van der Waals surface area (Å²) in [4.78, 5) is 12.8. The number of halogens is 2. The molecule has 1 heterocycles. The highest BCUT2D eigenvalue weighted by atomic mass is 32.2. The molecule has 0 spiro atoms. The number of thioether (sulfide) groups is 1. The second kappa shape index (κ2) is 8.70. The number of ether oxygens (including phenoxy) is 1. The number of hydrogen-bond donors (Lipinski definition) is 2. The molecular weight excluding hydrogens is 412 g/mol. The van der Waals surface area contributed by atoms with Gasteiger partial charge in [-0.3, -0.25) is 4.79 Å². The first-order valence-corrected chi connectivity index (χ1v) is 10.2. The van der Waals surface area contributed by atoms with Crippen LogP contribution in [0.2, 0.25) is 0 Å². The molecule has 4 rings (SSSR count).